The van der Waals surface area contributed by atoms with E-state index in [2.05, 4.69) is 58.3 Å². The molecule has 1 heterocycles. The van der Waals surface area contributed by atoms with Gasteiger partial charge in [0.25, 0.3) is 0 Å². The predicted molar refractivity (Wildman–Crippen MR) is 90.6 cm³/mol. The number of hydrogen-bond donors (Lipinski definition) is 1. The normalized spacial score (nSPS) is 22.4. The number of β-amino-alcohol motifs (C(OH)–C–C–N with tert-alkyl or cyclic N) is 1. The van der Waals surface area contributed by atoms with Crippen molar-refractivity contribution in [3.05, 3.63) is 60.2 Å². The lowest BCUT2D eigenvalue weighted by Gasteiger charge is -2.21. The molecule has 116 valence electrons. The van der Waals surface area contributed by atoms with E-state index in [9.17, 15) is 5.11 Å². The molecule has 1 saturated heterocycles. The van der Waals surface area contributed by atoms with Crippen LogP contribution in [0.2, 0.25) is 0 Å². The standard InChI is InChI=1S/C19H24N2O/c1-20(2)18-13-21(14-19(18)22)12-15-8-10-17(11-9-15)16-6-4-3-5-7-16/h3-11,18-19,22H,12-14H2,1-2H3/t18-,19-/m1/s1. The van der Waals surface area contributed by atoms with E-state index in [-0.39, 0.29) is 12.1 Å². The molecule has 0 radical (unpaired) electrons. The molecule has 0 aromatic heterocycles. The van der Waals surface area contributed by atoms with Gasteiger partial charge in [-0.15, -0.1) is 0 Å². The highest BCUT2D eigenvalue weighted by molar-refractivity contribution is 5.63. The molecule has 2 atom stereocenters. The quantitative estimate of drug-likeness (QED) is 0.939. The number of hydrogen-bond acceptors (Lipinski definition) is 3. The van der Waals surface area contributed by atoms with Crippen LogP contribution in [0, 0.1) is 0 Å². The first-order valence-electron chi connectivity index (χ1n) is 7.84. The van der Waals surface area contributed by atoms with E-state index in [0.717, 1.165) is 19.6 Å². The van der Waals surface area contributed by atoms with Gasteiger partial charge in [-0.2, -0.15) is 0 Å². The Hall–Kier alpha value is -1.68. The molecule has 0 bridgehead atoms. The zero-order valence-electron chi connectivity index (χ0n) is 13.3. The summed E-state index contributed by atoms with van der Waals surface area (Å²) in [6.45, 7) is 2.58. The fraction of sp³-hybridized carbons (Fsp3) is 0.368. The van der Waals surface area contributed by atoms with Crippen LogP contribution < -0.4 is 0 Å². The van der Waals surface area contributed by atoms with Crippen LogP contribution in [0.5, 0.6) is 0 Å². The molecule has 3 heteroatoms. The summed E-state index contributed by atoms with van der Waals surface area (Å²) in [7, 11) is 4.07. The van der Waals surface area contributed by atoms with Crippen LogP contribution in [0.3, 0.4) is 0 Å². The maximum absolute atomic E-state index is 10.1. The van der Waals surface area contributed by atoms with E-state index in [0.29, 0.717) is 0 Å². The van der Waals surface area contributed by atoms with E-state index in [1.807, 2.05) is 20.2 Å². The summed E-state index contributed by atoms with van der Waals surface area (Å²) in [6.07, 6.45) is -0.251. The molecular formula is C19H24N2O. The Morgan fingerprint density at radius 3 is 2.18 bits per heavy atom. The molecule has 1 aliphatic rings. The summed E-state index contributed by atoms with van der Waals surface area (Å²) in [5.74, 6) is 0. The lowest BCUT2D eigenvalue weighted by molar-refractivity contribution is 0.112. The Balaban J connectivity index is 1.65. The van der Waals surface area contributed by atoms with Crippen molar-refractivity contribution in [3.8, 4) is 11.1 Å². The first-order chi connectivity index (χ1) is 10.6. The molecule has 22 heavy (non-hydrogen) atoms. The van der Waals surface area contributed by atoms with Crippen LogP contribution in [-0.4, -0.2) is 54.2 Å². The fourth-order valence-electron chi connectivity index (χ4n) is 3.17. The molecule has 1 fully saturated rings. The van der Waals surface area contributed by atoms with Gasteiger partial charge in [-0.25, -0.2) is 0 Å². The minimum absolute atomic E-state index is 0.239. The minimum atomic E-state index is -0.251. The lowest BCUT2D eigenvalue weighted by Crippen LogP contribution is -2.37. The average Bonchev–Trinajstić information content (AvgIpc) is 2.90. The molecular weight excluding hydrogens is 272 g/mol. The van der Waals surface area contributed by atoms with Gasteiger partial charge in [-0.1, -0.05) is 54.6 Å². The second-order valence-corrected chi connectivity index (χ2v) is 6.36. The van der Waals surface area contributed by atoms with Gasteiger partial charge in [-0.05, 0) is 30.8 Å². The first kappa shape index (κ1) is 15.2. The van der Waals surface area contributed by atoms with Gasteiger partial charge in [-0.3, -0.25) is 4.90 Å². The summed E-state index contributed by atoms with van der Waals surface area (Å²) >= 11 is 0. The van der Waals surface area contributed by atoms with Crippen LogP contribution in [0.4, 0.5) is 0 Å². The van der Waals surface area contributed by atoms with Gasteiger partial charge < -0.3 is 10.0 Å². The van der Waals surface area contributed by atoms with Crippen molar-refractivity contribution in [1.29, 1.82) is 0 Å². The van der Waals surface area contributed by atoms with Crippen LogP contribution in [-0.2, 0) is 6.54 Å². The van der Waals surface area contributed by atoms with E-state index in [4.69, 9.17) is 0 Å². The predicted octanol–water partition coefficient (Wildman–Crippen LogP) is 2.46. The largest absolute Gasteiger partial charge is 0.390 e. The summed E-state index contributed by atoms with van der Waals surface area (Å²) in [4.78, 5) is 4.44. The Kier molecular flexibility index (Phi) is 4.57. The monoisotopic (exact) mass is 296 g/mol. The third-order valence-electron chi connectivity index (χ3n) is 4.47. The number of rotatable bonds is 4. The maximum Gasteiger partial charge on any atom is 0.0834 e. The van der Waals surface area contributed by atoms with Gasteiger partial charge in [0.1, 0.15) is 0 Å². The van der Waals surface area contributed by atoms with Crippen molar-refractivity contribution in [1.82, 2.24) is 9.80 Å². The Bertz CT molecular complexity index is 595. The van der Waals surface area contributed by atoms with Crippen LogP contribution >= 0.6 is 0 Å². The summed E-state index contributed by atoms with van der Waals surface area (Å²) in [6, 6.07) is 19.4. The van der Waals surface area contributed by atoms with Gasteiger partial charge in [0, 0.05) is 25.7 Å². The molecule has 0 spiro atoms. The van der Waals surface area contributed by atoms with Crippen molar-refractivity contribution in [2.45, 2.75) is 18.7 Å². The van der Waals surface area contributed by atoms with E-state index in [1.165, 1.54) is 16.7 Å². The summed E-state index contributed by atoms with van der Waals surface area (Å²) in [5.41, 5.74) is 3.79. The SMILES string of the molecule is CN(C)[C@@H]1CN(Cc2ccc(-c3ccccc3)cc2)C[C@H]1O. The maximum atomic E-state index is 10.1. The molecule has 1 aliphatic heterocycles. The Morgan fingerprint density at radius 2 is 1.59 bits per heavy atom. The van der Waals surface area contributed by atoms with Gasteiger partial charge in [0.05, 0.1) is 6.10 Å². The molecule has 0 amide bonds. The number of likely N-dealkylation sites (tertiary alicyclic amines) is 1. The van der Waals surface area contributed by atoms with Crippen LogP contribution in [0.1, 0.15) is 5.56 Å². The fourth-order valence-corrected chi connectivity index (χ4v) is 3.17. The molecule has 2 aromatic rings. The average molecular weight is 296 g/mol. The van der Waals surface area contributed by atoms with Crippen molar-refractivity contribution >= 4 is 0 Å². The molecule has 0 unspecified atom stereocenters. The smallest absolute Gasteiger partial charge is 0.0834 e. The zero-order chi connectivity index (χ0) is 15.5. The second kappa shape index (κ2) is 6.61. The van der Waals surface area contributed by atoms with Crippen LogP contribution in [0.25, 0.3) is 11.1 Å². The van der Waals surface area contributed by atoms with Gasteiger partial charge >= 0.3 is 0 Å². The number of likely N-dealkylation sites (N-methyl/N-ethyl adjacent to an activating group) is 1. The molecule has 3 rings (SSSR count). The zero-order valence-corrected chi connectivity index (χ0v) is 13.3. The van der Waals surface area contributed by atoms with Crippen molar-refractivity contribution in [2.24, 2.45) is 0 Å². The third kappa shape index (κ3) is 3.38. The molecule has 0 aliphatic carbocycles. The van der Waals surface area contributed by atoms with Gasteiger partial charge in [0.2, 0.25) is 0 Å². The number of aliphatic hydroxyl groups is 1. The highest BCUT2D eigenvalue weighted by Crippen LogP contribution is 2.21. The van der Waals surface area contributed by atoms with Crippen molar-refractivity contribution < 1.29 is 5.11 Å². The van der Waals surface area contributed by atoms with E-state index in [1.54, 1.807) is 0 Å². The highest BCUT2D eigenvalue weighted by atomic mass is 16.3. The van der Waals surface area contributed by atoms with E-state index < -0.39 is 0 Å². The molecule has 1 N–H and O–H groups in total. The summed E-state index contributed by atoms with van der Waals surface area (Å²) in [5, 5.41) is 10.1. The third-order valence-corrected chi connectivity index (χ3v) is 4.47. The number of aliphatic hydroxyl groups excluding tert-OH is 1. The van der Waals surface area contributed by atoms with E-state index >= 15 is 0 Å². The summed E-state index contributed by atoms with van der Waals surface area (Å²) < 4.78 is 0. The molecule has 3 nitrogen and oxygen atoms in total. The van der Waals surface area contributed by atoms with Gasteiger partial charge in [0.15, 0.2) is 0 Å². The second-order valence-electron chi connectivity index (χ2n) is 6.36. The Labute approximate surface area is 132 Å². The number of nitrogens with zero attached hydrogens (tertiary/aromatic N) is 2. The Morgan fingerprint density at radius 1 is 0.955 bits per heavy atom. The van der Waals surface area contributed by atoms with Crippen molar-refractivity contribution in [3.63, 3.8) is 0 Å². The lowest BCUT2D eigenvalue weighted by atomic mass is 10.0. The minimum Gasteiger partial charge on any atom is -0.390 e. The topological polar surface area (TPSA) is 26.7 Å². The van der Waals surface area contributed by atoms with Crippen LogP contribution in [0.15, 0.2) is 54.6 Å². The first-order valence-corrected chi connectivity index (χ1v) is 7.84. The molecule has 2 aromatic carbocycles. The highest BCUT2D eigenvalue weighted by Gasteiger charge is 2.32. The number of benzene rings is 2. The van der Waals surface area contributed by atoms with Crippen molar-refractivity contribution in [2.75, 3.05) is 27.2 Å². The molecule has 0 saturated carbocycles.